The fraction of sp³-hybridized carbons (Fsp3) is 1.00. The Morgan fingerprint density at radius 1 is 1.11 bits per heavy atom. The highest BCUT2D eigenvalue weighted by molar-refractivity contribution is 5.05. The molecule has 2 aliphatic rings. The van der Waals surface area contributed by atoms with Crippen LogP contribution in [-0.4, -0.2) is 17.3 Å². The first kappa shape index (κ1) is 14.3. The quantitative estimate of drug-likeness (QED) is 0.809. The molecule has 106 valence electrons. The number of hydrogen-bond acceptors (Lipinski definition) is 2. The van der Waals surface area contributed by atoms with Crippen molar-refractivity contribution in [3.8, 4) is 0 Å². The SMILES string of the molecule is CCC1CCC(CN)(C2(O)CCCCC2C)CC1. The lowest BCUT2D eigenvalue weighted by Gasteiger charge is -2.55. The summed E-state index contributed by atoms with van der Waals surface area (Å²) in [4.78, 5) is 0. The predicted molar refractivity (Wildman–Crippen MR) is 76.3 cm³/mol. The number of rotatable bonds is 3. The van der Waals surface area contributed by atoms with Crippen LogP contribution in [0.5, 0.6) is 0 Å². The second-order valence-electron chi connectivity index (χ2n) is 6.91. The third kappa shape index (κ3) is 2.22. The van der Waals surface area contributed by atoms with Crippen LogP contribution in [0.4, 0.5) is 0 Å². The van der Waals surface area contributed by atoms with E-state index in [1.165, 1.54) is 38.5 Å². The minimum absolute atomic E-state index is 0.0124. The Bertz CT molecular complexity index is 270. The molecule has 0 bridgehead atoms. The molecule has 2 aliphatic carbocycles. The van der Waals surface area contributed by atoms with Crippen LogP contribution in [0.1, 0.15) is 71.6 Å². The third-order valence-corrected chi connectivity index (χ3v) is 6.21. The molecule has 0 aromatic carbocycles. The molecule has 2 rings (SSSR count). The second-order valence-corrected chi connectivity index (χ2v) is 6.91. The summed E-state index contributed by atoms with van der Waals surface area (Å²) in [5.41, 5.74) is 5.67. The molecule has 0 amide bonds. The second kappa shape index (κ2) is 5.50. The highest BCUT2D eigenvalue weighted by Gasteiger charge is 2.53. The topological polar surface area (TPSA) is 46.2 Å². The molecular weight excluding hydrogens is 222 g/mol. The first-order chi connectivity index (χ1) is 8.58. The van der Waals surface area contributed by atoms with Crippen LogP contribution in [0.25, 0.3) is 0 Å². The van der Waals surface area contributed by atoms with Crippen molar-refractivity contribution in [1.82, 2.24) is 0 Å². The molecule has 2 atom stereocenters. The Hall–Kier alpha value is -0.0800. The molecule has 0 radical (unpaired) electrons. The van der Waals surface area contributed by atoms with Crippen molar-refractivity contribution in [1.29, 1.82) is 0 Å². The van der Waals surface area contributed by atoms with Gasteiger partial charge in [-0.25, -0.2) is 0 Å². The van der Waals surface area contributed by atoms with Crippen LogP contribution >= 0.6 is 0 Å². The van der Waals surface area contributed by atoms with Gasteiger partial charge in [0.15, 0.2) is 0 Å². The number of nitrogens with two attached hydrogens (primary N) is 1. The van der Waals surface area contributed by atoms with E-state index in [1.54, 1.807) is 0 Å². The fourth-order valence-electron chi connectivity index (χ4n) is 4.57. The van der Waals surface area contributed by atoms with Crippen molar-refractivity contribution in [2.45, 2.75) is 77.2 Å². The van der Waals surface area contributed by atoms with Gasteiger partial charge in [0.2, 0.25) is 0 Å². The van der Waals surface area contributed by atoms with E-state index in [4.69, 9.17) is 5.73 Å². The van der Waals surface area contributed by atoms with Gasteiger partial charge < -0.3 is 10.8 Å². The molecule has 0 spiro atoms. The average molecular weight is 253 g/mol. The lowest BCUT2D eigenvalue weighted by atomic mass is 9.54. The molecule has 0 aromatic heterocycles. The van der Waals surface area contributed by atoms with Crippen LogP contribution in [0.2, 0.25) is 0 Å². The monoisotopic (exact) mass is 253 g/mol. The number of hydrogen-bond donors (Lipinski definition) is 2. The van der Waals surface area contributed by atoms with Gasteiger partial charge >= 0.3 is 0 Å². The summed E-state index contributed by atoms with van der Waals surface area (Å²) >= 11 is 0. The van der Waals surface area contributed by atoms with Gasteiger partial charge in [-0.1, -0.05) is 33.1 Å². The van der Waals surface area contributed by atoms with Crippen LogP contribution in [-0.2, 0) is 0 Å². The highest BCUT2D eigenvalue weighted by atomic mass is 16.3. The van der Waals surface area contributed by atoms with Crippen LogP contribution in [0, 0.1) is 17.3 Å². The Morgan fingerprint density at radius 2 is 1.78 bits per heavy atom. The van der Waals surface area contributed by atoms with E-state index >= 15 is 0 Å². The summed E-state index contributed by atoms with van der Waals surface area (Å²) in [5, 5.41) is 11.3. The van der Waals surface area contributed by atoms with E-state index in [2.05, 4.69) is 13.8 Å². The Kier molecular flexibility index (Phi) is 4.38. The summed E-state index contributed by atoms with van der Waals surface area (Å²) in [6.45, 7) is 5.20. The molecular formula is C16H31NO. The van der Waals surface area contributed by atoms with Crippen molar-refractivity contribution < 1.29 is 5.11 Å². The van der Waals surface area contributed by atoms with Crippen molar-refractivity contribution in [3.63, 3.8) is 0 Å². The normalized spacial score (nSPS) is 46.0. The summed E-state index contributed by atoms with van der Waals surface area (Å²) in [6, 6.07) is 0. The maximum absolute atomic E-state index is 11.3. The molecule has 3 N–H and O–H groups in total. The van der Waals surface area contributed by atoms with Gasteiger partial charge in [-0.05, 0) is 50.4 Å². The predicted octanol–water partition coefficient (Wildman–Crippen LogP) is 3.47. The average Bonchev–Trinajstić information content (AvgIpc) is 2.42. The zero-order valence-electron chi connectivity index (χ0n) is 12.3. The van der Waals surface area contributed by atoms with Gasteiger partial charge in [0.25, 0.3) is 0 Å². The Balaban J connectivity index is 2.16. The minimum Gasteiger partial charge on any atom is -0.389 e. The molecule has 0 aliphatic heterocycles. The molecule has 2 fully saturated rings. The first-order valence-corrected chi connectivity index (χ1v) is 8.00. The lowest BCUT2D eigenvalue weighted by Crippen LogP contribution is -2.58. The molecule has 0 saturated heterocycles. The van der Waals surface area contributed by atoms with Crippen molar-refractivity contribution in [2.24, 2.45) is 23.0 Å². The smallest absolute Gasteiger partial charge is 0.0741 e. The van der Waals surface area contributed by atoms with Gasteiger partial charge in [0, 0.05) is 12.0 Å². The molecule has 2 nitrogen and oxygen atoms in total. The van der Waals surface area contributed by atoms with E-state index in [9.17, 15) is 5.11 Å². The molecule has 0 aromatic rings. The standard InChI is InChI=1S/C16H31NO/c1-3-14-7-10-15(12-17,11-8-14)16(18)9-5-4-6-13(16)2/h13-14,18H,3-12,17H2,1-2H3. The molecule has 2 saturated carbocycles. The van der Waals surface area contributed by atoms with Gasteiger partial charge in [0.05, 0.1) is 5.60 Å². The largest absolute Gasteiger partial charge is 0.389 e. The summed E-state index contributed by atoms with van der Waals surface area (Å²) in [6.07, 6.45) is 10.7. The minimum atomic E-state index is -0.487. The van der Waals surface area contributed by atoms with E-state index < -0.39 is 5.60 Å². The third-order valence-electron chi connectivity index (χ3n) is 6.21. The fourth-order valence-corrected chi connectivity index (χ4v) is 4.57. The highest BCUT2D eigenvalue weighted by Crippen LogP contribution is 2.53. The van der Waals surface area contributed by atoms with Gasteiger partial charge in [-0.2, -0.15) is 0 Å². The summed E-state index contributed by atoms with van der Waals surface area (Å²) in [7, 11) is 0. The number of aliphatic hydroxyl groups is 1. The molecule has 18 heavy (non-hydrogen) atoms. The Labute approximate surface area is 112 Å². The van der Waals surface area contributed by atoms with E-state index in [1.807, 2.05) is 0 Å². The maximum atomic E-state index is 11.3. The zero-order chi connectivity index (χ0) is 13.2. The zero-order valence-corrected chi connectivity index (χ0v) is 12.3. The first-order valence-electron chi connectivity index (χ1n) is 8.00. The van der Waals surface area contributed by atoms with Crippen LogP contribution < -0.4 is 5.73 Å². The van der Waals surface area contributed by atoms with Gasteiger partial charge in [-0.3, -0.25) is 0 Å². The van der Waals surface area contributed by atoms with Gasteiger partial charge in [-0.15, -0.1) is 0 Å². The van der Waals surface area contributed by atoms with Crippen molar-refractivity contribution in [2.75, 3.05) is 6.54 Å². The summed E-state index contributed by atoms with van der Waals surface area (Å²) < 4.78 is 0. The molecule has 0 heterocycles. The van der Waals surface area contributed by atoms with E-state index in [0.717, 1.165) is 25.2 Å². The molecule has 2 unspecified atom stereocenters. The Morgan fingerprint density at radius 3 is 2.28 bits per heavy atom. The van der Waals surface area contributed by atoms with Crippen LogP contribution in [0.3, 0.4) is 0 Å². The summed E-state index contributed by atoms with van der Waals surface area (Å²) in [5.74, 6) is 1.29. The van der Waals surface area contributed by atoms with Crippen molar-refractivity contribution >= 4 is 0 Å². The van der Waals surface area contributed by atoms with E-state index in [-0.39, 0.29) is 5.41 Å². The lowest BCUT2D eigenvalue weighted by molar-refractivity contribution is -0.157. The van der Waals surface area contributed by atoms with Crippen LogP contribution in [0.15, 0.2) is 0 Å². The van der Waals surface area contributed by atoms with Gasteiger partial charge in [0.1, 0.15) is 0 Å². The van der Waals surface area contributed by atoms with E-state index in [0.29, 0.717) is 12.5 Å². The molecule has 2 heteroatoms. The van der Waals surface area contributed by atoms with Crippen molar-refractivity contribution in [3.05, 3.63) is 0 Å². The maximum Gasteiger partial charge on any atom is 0.0741 e.